The van der Waals surface area contributed by atoms with E-state index in [1.807, 2.05) is 45.0 Å². The van der Waals surface area contributed by atoms with Crippen LogP contribution in [0.15, 0.2) is 28.7 Å². The van der Waals surface area contributed by atoms with Gasteiger partial charge in [0.15, 0.2) is 5.58 Å². The Morgan fingerprint density at radius 2 is 1.87 bits per heavy atom. The highest BCUT2D eigenvalue weighted by molar-refractivity contribution is 6.37. The average Bonchev–Trinajstić information content (AvgIpc) is 3.19. The summed E-state index contributed by atoms with van der Waals surface area (Å²) in [6.45, 7) is 10.5. The van der Waals surface area contributed by atoms with Gasteiger partial charge in [0.25, 0.3) is 11.9 Å². The normalized spacial score (nSPS) is 25.4. The Labute approximate surface area is 228 Å². The Morgan fingerprint density at radius 3 is 2.46 bits per heavy atom. The van der Waals surface area contributed by atoms with Crippen LogP contribution in [0.3, 0.4) is 0 Å². The number of nitrogens with two attached hydrogens (primary N) is 1. The first kappa shape index (κ1) is 27.1. The van der Waals surface area contributed by atoms with Crippen molar-refractivity contribution in [3.8, 4) is 0 Å². The summed E-state index contributed by atoms with van der Waals surface area (Å²) in [4.78, 5) is 58.4. The number of nitrogens with one attached hydrogen (secondary N) is 2. The molecule has 3 aliphatic rings. The molecule has 1 aliphatic heterocycles. The number of oxazole rings is 1. The molecule has 39 heavy (non-hydrogen) atoms. The number of benzene rings is 1. The van der Waals surface area contributed by atoms with Crippen molar-refractivity contribution in [2.75, 3.05) is 11.9 Å². The maximum atomic E-state index is 14.1. The van der Waals surface area contributed by atoms with Crippen LogP contribution >= 0.6 is 0 Å². The first-order valence-corrected chi connectivity index (χ1v) is 13.9. The maximum Gasteiger partial charge on any atom is 0.296 e. The van der Waals surface area contributed by atoms with Gasteiger partial charge in [0, 0.05) is 6.54 Å². The molecule has 210 valence electrons. The van der Waals surface area contributed by atoms with Crippen LogP contribution < -0.4 is 16.4 Å². The van der Waals surface area contributed by atoms with Crippen molar-refractivity contribution in [1.29, 1.82) is 0 Å². The lowest BCUT2D eigenvalue weighted by Crippen LogP contribution is -2.58. The minimum Gasteiger partial charge on any atom is -0.424 e. The number of para-hydroxylation sites is 2. The number of piperidine rings is 1. The Bertz CT molecular complexity index is 1270. The predicted molar refractivity (Wildman–Crippen MR) is 145 cm³/mol. The van der Waals surface area contributed by atoms with E-state index in [-0.39, 0.29) is 35.1 Å². The van der Waals surface area contributed by atoms with Crippen LogP contribution in [0.25, 0.3) is 11.1 Å². The summed E-state index contributed by atoms with van der Waals surface area (Å²) in [7, 11) is 0. The summed E-state index contributed by atoms with van der Waals surface area (Å²) in [5.41, 5.74) is 5.96. The van der Waals surface area contributed by atoms with Crippen molar-refractivity contribution in [3.63, 3.8) is 0 Å². The summed E-state index contributed by atoms with van der Waals surface area (Å²) >= 11 is 0. The number of carbonyl (C=O) groups is 4. The van der Waals surface area contributed by atoms with Gasteiger partial charge < -0.3 is 25.7 Å². The van der Waals surface area contributed by atoms with Gasteiger partial charge in [-0.25, -0.2) is 0 Å². The largest absolute Gasteiger partial charge is 0.424 e. The number of fused-ring (bicyclic) bond motifs is 2. The van der Waals surface area contributed by atoms with Crippen molar-refractivity contribution >= 4 is 40.6 Å². The molecule has 0 bridgehead atoms. The average molecular weight is 538 g/mol. The Hall–Kier alpha value is -3.43. The molecular weight excluding hydrogens is 498 g/mol. The molecule has 0 radical (unpaired) electrons. The van der Waals surface area contributed by atoms with E-state index in [9.17, 15) is 19.2 Å². The third kappa shape index (κ3) is 5.01. The zero-order valence-corrected chi connectivity index (χ0v) is 23.3. The Kier molecular flexibility index (Phi) is 6.71. The molecule has 1 aromatic heterocycles. The smallest absolute Gasteiger partial charge is 0.296 e. The Morgan fingerprint density at radius 1 is 1.18 bits per heavy atom. The van der Waals surface area contributed by atoms with Gasteiger partial charge in [-0.1, -0.05) is 66.0 Å². The first-order chi connectivity index (χ1) is 18.3. The van der Waals surface area contributed by atoms with Gasteiger partial charge in [-0.3, -0.25) is 19.2 Å². The van der Waals surface area contributed by atoms with Crippen molar-refractivity contribution in [1.82, 2.24) is 15.2 Å². The predicted octanol–water partition coefficient (Wildman–Crippen LogP) is 2.87. The number of rotatable bonds is 9. The topological polar surface area (TPSA) is 148 Å². The van der Waals surface area contributed by atoms with Crippen molar-refractivity contribution < 1.29 is 23.6 Å². The standard InChI is InChI=1S/C29H39N5O5/c1-28(2,3)23(33-27-32-17-11-6-7-12-19(17)39-27)26(38)34-14-16-20(29(16,4)5)21(34)25(37)31-18(22(35)24(30)36)13-15-9-8-10-15/h6-7,11-12,15-16,18,20-21,23H,8-10,13-14H2,1-5H3,(H2,30,36)(H,31,37)(H,32,33)/t16-,18?,20?,21-,23+/m0/s1. The van der Waals surface area contributed by atoms with Gasteiger partial charge in [0.05, 0.1) is 6.04 Å². The number of hydrogen-bond acceptors (Lipinski definition) is 7. The van der Waals surface area contributed by atoms with Crippen molar-refractivity contribution in [2.45, 2.75) is 78.4 Å². The molecule has 4 N–H and O–H groups in total. The van der Waals surface area contributed by atoms with Crippen LogP contribution in [-0.4, -0.2) is 58.1 Å². The molecule has 2 heterocycles. The molecule has 10 heteroatoms. The van der Waals surface area contributed by atoms with E-state index in [0.717, 1.165) is 19.3 Å². The van der Waals surface area contributed by atoms with Crippen molar-refractivity contribution in [3.05, 3.63) is 24.3 Å². The number of primary amides is 1. The SMILES string of the molecule is CC(C)(C)[C@H](Nc1nc2ccccc2o1)C(=O)N1C[C@H]2C([C@H]1C(=O)NC(CC1CCC1)C(=O)C(N)=O)C2(C)C. The molecule has 0 spiro atoms. The fourth-order valence-corrected chi connectivity index (χ4v) is 6.41. The second-order valence-electron chi connectivity index (χ2n) is 13.1. The molecule has 1 saturated heterocycles. The lowest BCUT2D eigenvalue weighted by atomic mass is 9.80. The molecule has 2 unspecified atom stereocenters. The molecule has 2 aromatic rings. The number of ketones is 1. The summed E-state index contributed by atoms with van der Waals surface area (Å²) in [6.07, 6.45) is 3.37. The summed E-state index contributed by atoms with van der Waals surface area (Å²) in [5.74, 6) is -2.09. The fourth-order valence-electron chi connectivity index (χ4n) is 6.41. The number of anilines is 1. The lowest BCUT2D eigenvalue weighted by Gasteiger charge is -2.38. The quantitative estimate of drug-likeness (QED) is 0.417. The van der Waals surface area contributed by atoms with E-state index in [1.165, 1.54) is 0 Å². The van der Waals surface area contributed by atoms with Gasteiger partial charge in [-0.2, -0.15) is 4.98 Å². The van der Waals surface area contributed by atoms with Crippen LogP contribution in [0.1, 0.15) is 60.3 Å². The Balaban J connectivity index is 1.39. The van der Waals surface area contributed by atoms with E-state index in [2.05, 4.69) is 29.5 Å². The number of carbonyl (C=O) groups excluding carboxylic acids is 4. The van der Waals surface area contributed by atoms with E-state index < -0.39 is 41.1 Å². The lowest BCUT2D eigenvalue weighted by molar-refractivity contribution is -0.144. The highest BCUT2D eigenvalue weighted by Crippen LogP contribution is 2.65. The highest BCUT2D eigenvalue weighted by Gasteiger charge is 2.69. The molecule has 3 amide bonds. The summed E-state index contributed by atoms with van der Waals surface area (Å²) in [6, 6.07) is 5.15. The van der Waals surface area contributed by atoms with Crippen LogP contribution in [0, 0.1) is 28.6 Å². The van der Waals surface area contributed by atoms with Crippen LogP contribution in [0.2, 0.25) is 0 Å². The molecular formula is C29H39N5O5. The second kappa shape index (κ2) is 9.64. The van der Waals surface area contributed by atoms with Crippen molar-refractivity contribution in [2.24, 2.45) is 34.3 Å². The van der Waals surface area contributed by atoms with E-state index >= 15 is 0 Å². The minimum atomic E-state index is -1.06. The molecule has 10 nitrogen and oxygen atoms in total. The fraction of sp³-hybridized carbons (Fsp3) is 0.621. The van der Waals surface area contributed by atoms with Gasteiger partial charge in [0.2, 0.25) is 17.6 Å². The third-order valence-electron chi connectivity index (χ3n) is 9.10. The molecule has 2 aliphatic carbocycles. The summed E-state index contributed by atoms with van der Waals surface area (Å²) < 4.78 is 5.84. The third-order valence-corrected chi connectivity index (χ3v) is 9.10. The number of amides is 3. The monoisotopic (exact) mass is 537 g/mol. The van der Waals surface area contributed by atoms with E-state index in [0.29, 0.717) is 24.1 Å². The van der Waals surface area contributed by atoms with Gasteiger partial charge in [0.1, 0.15) is 17.6 Å². The van der Waals surface area contributed by atoms with E-state index in [1.54, 1.807) is 4.90 Å². The number of hydrogen-bond donors (Lipinski definition) is 3. The van der Waals surface area contributed by atoms with Crippen LogP contribution in [0.4, 0.5) is 6.01 Å². The number of nitrogens with zero attached hydrogens (tertiary/aromatic N) is 2. The molecule has 5 atom stereocenters. The van der Waals surface area contributed by atoms with Gasteiger partial charge >= 0.3 is 0 Å². The second-order valence-corrected chi connectivity index (χ2v) is 13.1. The number of Topliss-reactive ketones (excluding diaryl/α,β-unsaturated/α-hetero) is 1. The summed E-state index contributed by atoms with van der Waals surface area (Å²) in [5, 5.41) is 6.02. The zero-order chi connectivity index (χ0) is 28.3. The first-order valence-electron chi connectivity index (χ1n) is 13.9. The number of aromatic nitrogens is 1. The number of likely N-dealkylation sites (tertiary alicyclic amines) is 1. The molecule has 2 saturated carbocycles. The highest BCUT2D eigenvalue weighted by atomic mass is 16.4. The van der Waals surface area contributed by atoms with E-state index in [4.69, 9.17) is 10.2 Å². The molecule has 3 fully saturated rings. The van der Waals surface area contributed by atoms with Gasteiger partial charge in [-0.15, -0.1) is 0 Å². The van der Waals surface area contributed by atoms with Crippen LogP contribution in [-0.2, 0) is 19.2 Å². The minimum absolute atomic E-state index is 0.0422. The van der Waals surface area contributed by atoms with Gasteiger partial charge in [-0.05, 0) is 47.1 Å². The molecule has 1 aromatic carbocycles. The zero-order valence-electron chi connectivity index (χ0n) is 23.3. The molecule has 5 rings (SSSR count). The maximum absolute atomic E-state index is 14.1. The van der Waals surface area contributed by atoms with Crippen LogP contribution in [0.5, 0.6) is 0 Å².